The van der Waals surface area contributed by atoms with E-state index in [1.165, 1.54) is 87.6 Å². The molecular weight excluding hydrogens is 711 g/mol. The Balaban J connectivity index is 0.977. The van der Waals surface area contributed by atoms with Crippen molar-refractivity contribution < 1.29 is 0 Å². The molecule has 1 heteroatoms. The van der Waals surface area contributed by atoms with Crippen LogP contribution in [0.4, 0.5) is 17.1 Å². The van der Waals surface area contributed by atoms with E-state index >= 15 is 0 Å². The van der Waals surface area contributed by atoms with Crippen LogP contribution in [0.1, 0.15) is 0 Å². The van der Waals surface area contributed by atoms with Gasteiger partial charge in [-0.25, -0.2) is 0 Å². The third-order valence-electron chi connectivity index (χ3n) is 11.9. The number of nitrogens with zero attached hydrogens (tertiary/aromatic N) is 1. The maximum atomic E-state index is 2.36. The van der Waals surface area contributed by atoms with Crippen molar-refractivity contribution in [2.24, 2.45) is 0 Å². The predicted molar refractivity (Wildman–Crippen MR) is 253 cm³/mol. The van der Waals surface area contributed by atoms with Crippen LogP contribution >= 0.6 is 0 Å². The predicted octanol–water partition coefficient (Wildman–Crippen LogP) is 16.4. The molecule has 0 atom stereocenters. The van der Waals surface area contributed by atoms with Crippen LogP contribution in [0.3, 0.4) is 0 Å². The lowest BCUT2D eigenvalue weighted by Gasteiger charge is -2.26. The lowest BCUT2D eigenvalue weighted by Crippen LogP contribution is -2.09. The molecule has 11 aromatic carbocycles. The summed E-state index contributed by atoms with van der Waals surface area (Å²) in [6.45, 7) is 0. The van der Waals surface area contributed by atoms with E-state index in [0.29, 0.717) is 0 Å². The van der Waals surface area contributed by atoms with Crippen LogP contribution in [-0.2, 0) is 0 Å². The van der Waals surface area contributed by atoms with E-state index < -0.39 is 0 Å². The number of hydrogen-bond donors (Lipinski definition) is 0. The molecule has 0 bridgehead atoms. The number of rotatable bonds is 7. The van der Waals surface area contributed by atoms with Crippen LogP contribution < -0.4 is 4.90 Å². The van der Waals surface area contributed by atoms with Gasteiger partial charge in [0.05, 0.1) is 0 Å². The van der Waals surface area contributed by atoms with Gasteiger partial charge in [-0.3, -0.25) is 0 Å². The highest BCUT2D eigenvalue weighted by molar-refractivity contribution is 6.14. The third kappa shape index (κ3) is 6.30. The first-order chi connectivity index (χ1) is 29.2. The van der Waals surface area contributed by atoms with Crippen LogP contribution in [-0.4, -0.2) is 0 Å². The summed E-state index contributed by atoms with van der Waals surface area (Å²) in [5.74, 6) is 0. The van der Waals surface area contributed by atoms with Gasteiger partial charge in [0.15, 0.2) is 0 Å². The maximum absolute atomic E-state index is 2.36. The molecule has 0 saturated carbocycles. The molecule has 0 spiro atoms. The van der Waals surface area contributed by atoms with Gasteiger partial charge in [0, 0.05) is 17.1 Å². The lowest BCUT2D eigenvalue weighted by molar-refractivity contribution is 1.28. The van der Waals surface area contributed by atoms with Crippen LogP contribution in [0, 0.1) is 0 Å². The third-order valence-corrected chi connectivity index (χ3v) is 11.9. The standard InChI is InChI=1S/C58H39N/c1-4-19-51-41(12-1)15-10-24-53(51)43-28-34-49(35-29-43)59(50-36-30-44(31-37-50)54-25-11-16-42-13-2-5-20-52(42)54)48-32-26-40(27-33-48)45-17-9-18-46(38-45)58-39-47-14-3-6-21-55(47)56-22-7-8-23-57(56)58/h1-39H. The average Bonchev–Trinajstić information content (AvgIpc) is 3.32. The first kappa shape index (κ1) is 34.5. The van der Waals surface area contributed by atoms with Gasteiger partial charge in [-0.1, -0.05) is 188 Å². The molecule has 0 N–H and O–H groups in total. The van der Waals surface area contributed by atoms with E-state index in [2.05, 4.69) is 241 Å². The van der Waals surface area contributed by atoms with Gasteiger partial charge in [0.2, 0.25) is 0 Å². The second kappa shape index (κ2) is 14.6. The summed E-state index contributed by atoms with van der Waals surface area (Å²) in [4.78, 5) is 2.36. The van der Waals surface area contributed by atoms with Gasteiger partial charge >= 0.3 is 0 Å². The van der Waals surface area contributed by atoms with E-state index in [-0.39, 0.29) is 0 Å². The summed E-state index contributed by atoms with van der Waals surface area (Å²) in [5, 5.41) is 10.1. The molecule has 0 aliphatic heterocycles. The van der Waals surface area contributed by atoms with Crippen molar-refractivity contribution in [2.45, 2.75) is 0 Å². The quantitative estimate of drug-likeness (QED) is 0.147. The molecule has 1 nitrogen and oxygen atoms in total. The molecule has 276 valence electrons. The minimum atomic E-state index is 1.10. The molecule has 0 radical (unpaired) electrons. The Morgan fingerprint density at radius 2 is 0.610 bits per heavy atom. The van der Waals surface area contributed by atoms with Crippen molar-refractivity contribution in [3.8, 4) is 44.5 Å². The molecule has 0 heterocycles. The molecular formula is C58H39N. The van der Waals surface area contributed by atoms with Crippen molar-refractivity contribution in [3.63, 3.8) is 0 Å². The van der Waals surface area contributed by atoms with Gasteiger partial charge in [-0.2, -0.15) is 0 Å². The Morgan fingerprint density at radius 1 is 0.203 bits per heavy atom. The zero-order valence-corrected chi connectivity index (χ0v) is 32.5. The van der Waals surface area contributed by atoms with Crippen molar-refractivity contribution in [3.05, 3.63) is 237 Å². The fourth-order valence-electron chi connectivity index (χ4n) is 8.94. The summed E-state index contributed by atoms with van der Waals surface area (Å²) in [5.41, 5.74) is 13.0. The zero-order valence-electron chi connectivity index (χ0n) is 32.5. The summed E-state index contributed by atoms with van der Waals surface area (Å²) in [7, 11) is 0. The molecule has 0 amide bonds. The fraction of sp³-hybridized carbons (Fsp3) is 0. The molecule has 11 aromatic rings. The highest BCUT2D eigenvalue weighted by Crippen LogP contribution is 2.41. The Labute approximate surface area is 344 Å². The second-order valence-electron chi connectivity index (χ2n) is 15.3. The van der Waals surface area contributed by atoms with E-state index in [1.54, 1.807) is 0 Å². The van der Waals surface area contributed by atoms with Gasteiger partial charge < -0.3 is 4.90 Å². The topological polar surface area (TPSA) is 3.24 Å². The Kier molecular flexibility index (Phi) is 8.56. The van der Waals surface area contributed by atoms with Crippen LogP contribution in [0.25, 0.3) is 87.6 Å². The fourth-order valence-corrected chi connectivity index (χ4v) is 8.94. The van der Waals surface area contributed by atoms with Crippen molar-refractivity contribution in [1.82, 2.24) is 0 Å². The average molecular weight is 750 g/mol. The summed E-state index contributed by atoms with van der Waals surface area (Å²) in [6.07, 6.45) is 0. The van der Waals surface area contributed by atoms with Crippen molar-refractivity contribution in [2.75, 3.05) is 4.90 Å². The normalized spacial score (nSPS) is 11.4. The summed E-state index contributed by atoms with van der Waals surface area (Å²) >= 11 is 0. The van der Waals surface area contributed by atoms with Gasteiger partial charge in [0.25, 0.3) is 0 Å². The minimum Gasteiger partial charge on any atom is -0.311 e. The smallest absolute Gasteiger partial charge is 0.0462 e. The van der Waals surface area contributed by atoms with E-state index in [9.17, 15) is 0 Å². The molecule has 59 heavy (non-hydrogen) atoms. The first-order valence-corrected chi connectivity index (χ1v) is 20.3. The highest BCUT2D eigenvalue weighted by atomic mass is 15.1. The van der Waals surface area contributed by atoms with Crippen LogP contribution in [0.5, 0.6) is 0 Å². The van der Waals surface area contributed by atoms with Crippen molar-refractivity contribution >= 4 is 60.2 Å². The molecule has 0 fully saturated rings. The molecule has 0 aliphatic rings. The van der Waals surface area contributed by atoms with Crippen LogP contribution in [0.15, 0.2) is 237 Å². The molecule has 0 aliphatic carbocycles. The first-order valence-electron chi connectivity index (χ1n) is 20.3. The van der Waals surface area contributed by atoms with Gasteiger partial charge in [0.1, 0.15) is 0 Å². The van der Waals surface area contributed by atoms with Crippen LogP contribution in [0.2, 0.25) is 0 Å². The lowest BCUT2D eigenvalue weighted by atomic mass is 9.92. The molecule has 0 saturated heterocycles. The van der Waals surface area contributed by atoms with E-state index in [4.69, 9.17) is 0 Å². The SMILES string of the molecule is c1cc(-c2ccc(N(c3ccc(-c4cccc5ccccc45)cc3)c3ccc(-c4cccc5ccccc45)cc3)cc2)cc(-c2cc3ccccc3c3ccccc23)c1. The minimum absolute atomic E-state index is 1.10. The van der Waals surface area contributed by atoms with Gasteiger partial charge in [-0.05, 0) is 136 Å². The number of benzene rings is 11. The number of hydrogen-bond acceptors (Lipinski definition) is 1. The van der Waals surface area contributed by atoms with Crippen molar-refractivity contribution in [1.29, 1.82) is 0 Å². The Morgan fingerprint density at radius 3 is 1.17 bits per heavy atom. The molecule has 0 aromatic heterocycles. The molecule has 11 rings (SSSR count). The van der Waals surface area contributed by atoms with E-state index in [0.717, 1.165) is 17.1 Å². The summed E-state index contributed by atoms with van der Waals surface area (Å²) in [6, 6.07) is 86.2. The number of anilines is 3. The Hall–Kier alpha value is -7.74. The summed E-state index contributed by atoms with van der Waals surface area (Å²) < 4.78 is 0. The highest BCUT2D eigenvalue weighted by Gasteiger charge is 2.16. The van der Waals surface area contributed by atoms with E-state index in [1.807, 2.05) is 0 Å². The second-order valence-corrected chi connectivity index (χ2v) is 15.3. The largest absolute Gasteiger partial charge is 0.311 e. The maximum Gasteiger partial charge on any atom is 0.0462 e. The van der Waals surface area contributed by atoms with Gasteiger partial charge in [-0.15, -0.1) is 0 Å². The Bertz CT molecular complexity index is 3170. The zero-order chi connectivity index (χ0) is 39.1. The molecule has 0 unspecified atom stereocenters. The monoisotopic (exact) mass is 749 g/mol. The number of fused-ring (bicyclic) bond motifs is 5.